The van der Waals surface area contributed by atoms with Crippen molar-refractivity contribution in [3.63, 3.8) is 0 Å². The van der Waals surface area contributed by atoms with E-state index in [9.17, 15) is 4.79 Å². The van der Waals surface area contributed by atoms with E-state index in [1.807, 2.05) is 62.6 Å². The van der Waals surface area contributed by atoms with Crippen LogP contribution in [0.1, 0.15) is 12.5 Å². The van der Waals surface area contributed by atoms with Gasteiger partial charge >= 0.3 is 0 Å². The molecule has 0 aliphatic heterocycles. The van der Waals surface area contributed by atoms with Crippen LogP contribution in [0.25, 0.3) is 0 Å². The van der Waals surface area contributed by atoms with E-state index < -0.39 is 0 Å². The molecule has 0 saturated carbocycles. The molecule has 1 amide bonds. The van der Waals surface area contributed by atoms with Crippen molar-refractivity contribution in [3.05, 3.63) is 54.1 Å². The molecule has 21 heavy (non-hydrogen) atoms. The molecule has 1 N–H and O–H groups in total. The molecule has 0 unspecified atom stereocenters. The van der Waals surface area contributed by atoms with Gasteiger partial charge in [0.05, 0.1) is 0 Å². The Kier molecular flexibility index (Phi) is 4.95. The van der Waals surface area contributed by atoms with Crippen molar-refractivity contribution in [1.82, 2.24) is 4.90 Å². The van der Waals surface area contributed by atoms with Crippen molar-refractivity contribution in [3.8, 4) is 11.5 Å². The molecular formula is C17H20N2O2. The highest BCUT2D eigenvalue weighted by molar-refractivity contribution is 5.88. The van der Waals surface area contributed by atoms with Gasteiger partial charge in [-0.05, 0) is 32.3 Å². The molecule has 0 spiro atoms. The van der Waals surface area contributed by atoms with E-state index in [0.717, 1.165) is 23.5 Å². The molecule has 0 fully saturated rings. The van der Waals surface area contributed by atoms with Crippen LogP contribution in [-0.2, 0) is 11.3 Å². The Balaban J connectivity index is 2.20. The summed E-state index contributed by atoms with van der Waals surface area (Å²) in [7, 11) is 4.04. The number of para-hydroxylation sites is 1. The van der Waals surface area contributed by atoms with Crippen LogP contribution >= 0.6 is 0 Å². The first-order valence-electron chi connectivity index (χ1n) is 6.83. The monoisotopic (exact) mass is 284 g/mol. The van der Waals surface area contributed by atoms with Gasteiger partial charge in [-0.25, -0.2) is 0 Å². The number of rotatable bonds is 5. The third-order valence-electron chi connectivity index (χ3n) is 2.84. The smallest absolute Gasteiger partial charge is 0.221 e. The highest BCUT2D eigenvalue weighted by Gasteiger charge is 2.06. The molecule has 0 radical (unpaired) electrons. The van der Waals surface area contributed by atoms with Gasteiger partial charge in [0.25, 0.3) is 0 Å². The standard InChI is InChI=1S/C17H20N2O2/c1-13(20)18-15-8-6-9-16(11-15)21-17-10-5-4-7-14(17)12-19(2)3/h4-11H,12H2,1-3H3,(H,18,20). The fraction of sp³-hybridized carbons (Fsp3) is 0.235. The Morgan fingerprint density at radius 1 is 1.14 bits per heavy atom. The van der Waals surface area contributed by atoms with Crippen molar-refractivity contribution in [2.75, 3.05) is 19.4 Å². The van der Waals surface area contributed by atoms with Crippen LogP contribution < -0.4 is 10.1 Å². The lowest BCUT2D eigenvalue weighted by Gasteiger charge is -2.15. The minimum absolute atomic E-state index is 0.0971. The number of hydrogen-bond acceptors (Lipinski definition) is 3. The third-order valence-corrected chi connectivity index (χ3v) is 2.84. The summed E-state index contributed by atoms with van der Waals surface area (Å²) in [4.78, 5) is 13.2. The molecule has 0 bridgehead atoms. The second kappa shape index (κ2) is 6.90. The number of ether oxygens (including phenoxy) is 1. The van der Waals surface area contributed by atoms with Gasteiger partial charge < -0.3 is 15.0 Å². The van der Waals surface area contributed by atoms with Crippen LogP contribution in [0.2, 0.25) is 0 Å². The first kappa shape index (κ1) is 15.1. The lowest BCUT2D eigenvalue weighted by molar-refractivity contribution is -0.114. The summed E-state index contributed by atoms with van der Waals surface area (Å²) in [6.45, 7) is 2.29. The number of hydrogen-bond donors (Lipinski definition) is 1. The second-order valence-corrected chi connectivity index (χ2v) is 5.16. The molecule has 0 saturated heterocycles. The average molecular weight is 284 g/mol. The second-order valence-electron chi connectivity index (χ2n) is 5.16. The van der Waals surface area contributed by atoms with Crippen LogP contribution in [0.4, 0.5) is 5.69 Å². The summed E-state index contributed by atoms with van der Waals surface area (Å²) in [5.41, 5.74) is 1.84. The van der Waals surface area contributed by atoms with Gasteiger partial charge in [-0.1, -0.05) is 24.3 Å². The van der Waals surface area contributed by atoms with E-state index >= 15 is 0 Å². The first-order chi connectivity index (χ1) is 10.0. The number of anilines is 1. The topological polar surface area (TPSA) is 41.6 Å². The van der Waals surface area contributed by atoms with Crippen molar-refractivity contribution >= 4 is 11.6 Å². The molecule has 4 heteroatoms. The maximum absolute atomic E-state index is 11.1. The Labute approximate surface area is 125 Å². The quantitative estimate of drug-likeness (QED) is 0.913. The highest BCUT2D eigenvalue weighted by atomic mass is 16.5. The fourth-order valence-corrected chi connectivity index (χ4v) is 2.04. The summed E-state index contributed by atoms with van der Waals surface area (Å²) >= 11 is 0. The minimum Gasteiger partial charge on any atom is -0.457 e. The number of carbonyl (C=O) groups excluding carboxylic acids is 1. The van der Waals surface area contributed by atoms with Gasteiger partial charge in [0.1, 0.15) is 11.5 Å². The third kappa shape index (κ3) is 4.61. The SMILES string of the molecule is CC(=O)Nc1cccc(Oc2ccccc2CN(C)C)c1. The minimum atomic E-state index is -0.0971. The summed E-state index contributed by atoms with van der Waals surface area (Å²) in [5.74, 6) is 1.43. The molecule has 110 valence electrons. The average Bonchev–Trinajstić information content (AvgIpc) is 2.40. The van der Waals surface area contributed by atoms with E-state index in [1.165, 1.54) is 6.92 Å². The maximum Gasteiger partial charge on any atom is 0.221 e. The summed E-state index contributed by atoms with van der Waals surface area (Å²) in [6.07, 6.45) is 0. The lowest BCUT2D eigenvalue weighted by Crippen LogP contribution is -2.11. The fourth-order valence-electron chi connectivity index (χ4n) is 2.04. The number of nitrogens with one attached hydrogen (secondary N) is 1. The van der Waals surface area contributed by atoms with Gasteiger partial charge in [-0.15, -0.1) is 0 Å². The summed E-state index contributed by atoms with van der Waals surface area (Å²) < 4.78 is 5.95. The Hall–Kier alpha value is -2.33. The van der Waals surface area contributed by atoms with E-state index in [-0.39, 0.29) is 5.91 Å². The predicted molar refractivity (Wildman–Crippen MR) is 84.7 cm³/mol. The molecule has 0 aromatic heterocycles. The first-order valence-corrected chi connectivity index (χ1v) is 6.83. The molecular weight excluding hydrogens is 264 g/mol. The zero-order valence-corrected chi connectivity index (χ0v) is 12.6. The zero-order chi connectivity index (χ0) is 15.2. The predicted octanol–water partition coefficient (Wildman–Crippen LogP) is 3.50. The van der Waals surface area contributed by atoms with Crippen molar-refractivity contribution in [1.29, 1.82) is 0 Å². The molecule has 2 aromatic rings. The Morgan fingerprint density at radius 3 is 2.62 bits per heavy atom. The van der Waals surface area contributed by atoms with Gasteiger partial charge in [-0.3, -0.25) is 4.79 Å². The Morgan fingerprint density at radius 2 is 1.90 bits per heavy atom. The van der Waals surface area contributed by atoms with E-state index in [4.69, 9.17) is 4.74 Å². The van der Waals surface area contributed by atoms with Crippen LogP contribution in [-0.4, -0.2) is 24.9 Å². The highest BCUT2D eigenvalue weighted by Crippen LogP contribution is 2.27. The molecule has 4 nitrogen and oxygen atoms in total. The van der Waals surface area contributed by atoms with Crippen LogP contribution in [0.3, 0.4) is 0 Å². The van der Waals surface area contributed by atoms with Gasteiger partial charge in [0.2, 0.25) is 5.91 Å². The molecule has 0 heterocycles. The van der Waals surface area contributed by atoms with Gasteiger partial charge in [0, 0.05) is 30.8 Å². The molecule has 0 aliphatic rings. The molecule has 0 atom stereocenters. The van der Waals surface area contributed by atoms with Crippen molar-refractivity contribution in [2.24, 2.45) is 0 Å². The summed E-state index contributed by atoms with van der Waals surface area (Å²) in [5, 5.41) is 2.75. The van der Waals surface area contributed by atoms with Gasteiger partial charge in [-0.2, -0.15) is 0 Å². The van der Waals surface area contributed by atoms with E-state index in [2.05, 4.69) is 10.2 Å². The molecule has 2 rings (SSSR count). The molecule has 0 aliphatic carbocycles. The van der Waals surface area contributed by atoms with E-state index in [0.29, 0.717) is 5.75 Å². The number of nitrogens with zero attached hydrogens (tertiary/aromatic N) is 1. The van der Waals surface area contributed by atoms with Crippen LogP contribution in [0, 0.1) is 0 Å². The normalized spacial score (nSPS) is 10.5. The number of amides is 1. The zero-order valence-electron chi connectivity index (χ0n) is 12.6. The summed E-state index contributed by atoms with van der Waals surface area (Å²) in [6, 6.07) is 15.3. The van der Waals surface area contributed by atoms with Crippen LogP contribution in [0.15, 0.2) is 48.5 Å². The number of benzene rings is 2. The Bertz CT molecular complexity index is 624. The largest absolute Gasteiger partial charge is 0.457 e. The lowest BCUT2D eigenvalue weighted by atomic mass is 10.2. The van der Waals surface area contributed by atoms with Crippen molar-refractivity contribution in [2.45, 2.75) is 13.5 Å². The van der Waals surface area contributed by atoms with Crippen LogP contribution in [0.5, 0.6) is 11.5 Å². The maximum atomic E-state index is 11.1. The number of carbonyl (C=O) groups is 1. The van der Waals surface area contributed by atoms with Gasteiger partial charge in [0.15, 0.2) is 0 Å². The van der Waals surface area contributed by atoms with Crippen molar-refractivity contribution < 1.29 is 9.53 Å². The van der Waals surface area contributed by atoms with E-state index in [1.54, 1.807) is 0 Å². The molecule has 2 aromatic carbocycles.